The molecule has 1 aromatic heterocycles. The van der Waals surface area contributed by atoms with E-state index in [2.05, 4.69) is 20.4 Å². The molecule has 1 heterocycles. The summed E-state index contributed by atoms with van der Waals surface area (Å²) in [6.45, 7) is 5.67. The van der Waals surface area contributed by atoms with E-state index in [4.69, 9.17) is 0 Å². The van der Waals surface area contributed by atoms with Crippen LogP contribution < -0.4 is 0 Å². The Bertz CT molecular complexity index is 503. The van der Waals surface area contributed by atoms with Gasteiger partial charge in [0.15, 0.2) is 0 Å². The zero-order valence-electron chi connectivity index (χ0n) is 10.7. The van der Waals surface area contributed by atoms with Gasteiger partial charge in [-0.2, -0.15) is 0 Å². The molecule has 0 bridgehead atoms. The number of fused-ring (bicyclic) bond motifs is 1. The normalized spacial score (nSPS) is 9.65. The molecule has 17 heavy (non-hydrogen) atoms. The fraction of sp³-hybridized carbons (Fsp3) is 0.385. The summed E-state index contributed by atoms with van der Waals surface area (Å²) in [6.07, 6.45) is 0. The molecule has 0 fully saturated rings. The van der Waals surface area contributed by atoms with Crippen LogP contribution in [0.5, 0.6) is 0 Å². The summed E-state index contributed by atoms with van der Waals surface area (Å²) in [5.74, 6) is 0.851. The molecule has 0 aliphatic rings. The lowest BCUT2D eigenvalue weighted by Gasteiger charge is -1.93. The summed E-state index contributed by atoms with van der Waals surface area (Å²) in [5, 5.41) is 0. The van der Waals surface area contributed by atoms with Crippen molar-refractivity contribution in [1.82, 2.24) is 9.55 Å². The van der Waals surface area contributed by atoms with E-state index in [0.717, 1.165) is 11.3 Å². The van der Waals surface area contributed by atoms with Crippen LogP contribution in [0.25, 0.3) is 11.0 Å². The van der Waals surface area contributed by atoms with Crippen molar-refractivity contribution < 1.29 is 9.53 Å². The number of nitrogens with zero attached hydrogens (tertiary/aromatic N) is 2. The van der Waals surface area contributed by atoms with Crippen molar-refractivity contribution in [1.29, 1.82) is 0 Å². The fourth-order valence-corrected chi connectivity index (χ4v) is 1.47. The second-order valence-corrected chi connectivity index (χ2v) is 3.63. The number of aryl methyl sites for hydroxylation is 2. The third-order valence-corrected chi connectivity index (χ3v) is 2.36. The van der Waals surface area contributed by atoms with Crippen molar-refractivity contribution in [3.63, 3.8) is 0 Å². The Hall–Kier alpha value is -1.84. The summed E-state index contributed by atoms with van der Waals surface area (Å²) in [7, 11) is 2.03. The van der Waals surface area contributed by atoms with Crippen molar-refractivity contribution in [2.45, 2.75) is 20.8 Å². The van der Waals surface area contributed by atoms with E-state index in [1.165, 1.54) is 12.4 Å². The molecule has 4 nitrogen and oxygen atoms in total. The number of carbonyl (C=O) groups excluding carboxylic acids is 1. The lowest BCUT2D eigenvalue weighted by Crippen LogP contribution is -1.95. The molecule has 0 spiro atoms. The van der Waals surface area contributed by atoms with Crippen LogP contribution in [0.15, 0.2) is 24.3 Å². The highest BCUT2D eigenvalue weighted by molar-refractivity contribution is 5.75. The number of aromatic nitrogens is 2. The van der Waals surface area contributed by atoms with Gasteiger partial charge in [0, 0.05) is 14.0 Å². The molecule has 0 N–H and O–H groups in total. The molecule has 0 radical (unpaired) electrons. The molecule has 2 rings (SSSR count). The Morgan fingerprint density at radius 2 is 2.06 bits per heavy atom. The third kappa shape index (κ3) is 3.59. The van der Waals surface area contributed by atoms with Gasteiger partial charge in [-0.1, -0.05) is 12.1 Å². The van der Waals surface area contributed by atoms with Crippen molar-refractivity contribution >= 4 is 17.0 Å². The molecule has 0 aliphatic heterocycles. The van der Waals surface area contributed by atoms with Crippen LogP contribution in [0.4, 0.5) is 0 Å². The van der Waals surface area contributed by atoms with E-state index >= 15 is 0 Å². The summed E-state index contributed by atoms with van der Waals surface area (Å²) >= 11 is 0. The average Bonchev–Trinajstić information content (AvgIpc) is 2.56. The molecule has 4 heteroatoms. The molecule has 1 aromatic carbocycles. The SMILES string of the molecule is CCOC(C)=O.Cc1nc2ccccc2n1C. The fourth-order valence-electron chi connectivity index (χ4n) is 1.47. The van der Waals surface area contributed by atoms with Crippen LogP contribution >= 0.6 is 0 Å². The summed E-state index contributed by atoms with van der Waals surface area (Å²) in [4.78, 5) is 14.2. The van der Waals surface area contributed by atoms with Gasteiger partial charge in [0.2, 0.25) is 0 Å². The first-order valence-electron chi connectivity index (χ1n) is 5.57. The molecule has 0 unspecified atom stereocenters. The van der Waals surface area contributed by atoms with E-state index in [1.807, 2.05) is 32.2 Å². The number of hydrogen-bond acceptors (Lipinski definition) is 3. The molecular weight excluding hydrogens is 216 g/mol. The first-order valence-corrected chi connectivity index (χ1v) is 5.57. The van der Waals surface area contributed by atoms with Gasteiger partial charge in [-0.3, -0.25) is 4.79 Å². The molecule has 0 atom stereocenters. The lowest BCUT2D eigenvalue weighted by molar-refractivity contribution is -0.140. The quantitative estimate of drug-likeness (QED) is 0.712. The second kappa shape index (κ2) is 6.03. The van der Waals surface area contributed by atoms with Gasteiger partial charge in [-0.15, -0.1) is 0 Å². The Labute approximate surface area is 101 Å². The highest BCUT2D eigenvalue weighted by atomic mass is 16.5. The number of ether oxygens (including phenoxy) is 1. The van der Waals surface area contributed by atoms with Crippen LogP contribution in [-0.2, 0) is 16.6 Å². The number of para-hydroxylation sites is 2. The maximum absolute atomic E-state index is 9.82. The van der Waals surface area contributed by atoms with Gasteiger partial charge in [0.1, 0.15) is 5.82 Å². The minimum atomic E-state index is -0.211. The highest BCUT2D eigenvalue weighted by Crippen LogP contribution is 2.12. The number of rotatable bonds is 1. The van der Waals surface area contributed by atoms with E-state index < -0.39 is 0 Å². The Kier molecular flexibility index (Phi) is 4.69. The topological polar surface area (TPSA) is 44.1 Å². The molecule has 0 saturated carbocycles. The Morgan fingerprint density at radius 1 is 1.41 bits per heavy atom. The number of carbonyl (C=O) groups is 1. The van der Waals surface area contributed by atoms with Crippen LogP contribution in [0.2, 0.25) is 0 Å². The largest absolute Gasteiger partial charge is 0.466 e. The Balaban J connectivity index is 0.000000209. The maximum atomic E-state index is 9.82. The van der Waals surface area contributed by atoms with Gasteiger partial charge in [0.05, 0.1) is 17.6 Å². The lowest BCUT2D eigenvalue weighted by atomic mass is 10.3. The number of hydrogen-bond donors (Lipinski definition) is 0. The van der Waals surface area contributed by atoms with Crippen molar-refractivity contribution in [3.05, 3.63) is 30.1 Å². The summed E-state index contributed by atoms with van der Waals surface area (Å²) < 4.78 is 6.50. The maximum Gasteiger partial charge on any atom is 0.302 e. The zero-order valence-corrected chi connectivity index (χ0v) is 10.7. The van der Waals surface area contributed by atoms with Gasteiger partial charge in [-0.25, -0.2) is 4.98 Å². The Morgan fingerprint density at radius 3 is 2.53 bits per heavy atom. The van der Waals surface area contributed by atoms with E-state index in [1.54, 1.807) is 6.92 Å². The van der Waals surface area contributed by atoms with Gasteiger partial charge < -0.3 is 9.30 Å². The molecular formula is C13H18N2O2. The first-order chi connectivity index (χ1) is 8.06. The highest BCUT2D eigenvalue weighted by Gasteiger charge is 2.00. The summed E-state index contributed by atoms with van der Waals surface area (Å²) in [6, 6.07) is 8.15. The van der Waals surface area contributed by atoms with Crippen molar-refractivity contribution in [3.8, 4) is 0 Å². The van der Waals surface area contributed by atoms with Crippen LogP contribution in [0, 0.1) is 6.92 Å². The minimum absolute atomic E-state index is 0.211. The van der Waals surface area contributed by atoms with Gasteiger partial charge in [-0.05, 0) is 26.0 Å². The smallest absolute Gasteiger partial charge is 0.302 e. The van der Waals surface area contributed by atoms with Crippen LogP contribution in [0.1, 0.15) is 19.7 Å². The standard InChI is InChI=1S/C9H10N2.C4H8O2/c1-7-10-8-5-3-4-6-9(8)11(7)2;1-3-6-4(2)5/h3-6H,1-2H3;3H2,1-2H3. The van der Waals surface area contributed by atoms with Crippen LogP contribution in [-0.4, -0.2) is 22.1 Å². The minimum Gasteiger partial charge on any atom is -0.466 e. The predicted molar refractivity (Wildman–Crippen MR) is 67.8 cm³/mol. The first kappa shape index (κ1) is 13.2. The monoisotopic (exact) mass is 234 g/mol. The molecule has 0 saturated heterocycles. The van der Waals surface area contributed by atoms with Crippen LogP contribution in [0.3, 0.4) is 0 Å². The molecule has 2 aromatic rings. The van der Waals surface area contributed by atoms with E-state index in [9.17, 15) is 4.79 Å². The third-order valence-electron chi connectivity index (χ3n) is 2.36. The zero-order chi connectivity index (χ0) is 12.8. The average molecular weight is 234 g/mol. The number of esters is 1. The molecule has 92 valence electrons. The van der Waals surface area contributed by atoms with E-state index in [0.29, 0.717) is 6.61 Å². The predicted octanol–water partition coefficient (Wildman–Crippen LogP) is 2.45. The number of benzene rings is 1. The van der Waals surface area contributed by atoms with Crippen molar-refractivity contribution in [2.24, 2.45) is 7.05 Å². The number of imidazole rings is 1. The summed E-state index contributed by atoms with van der Waals surface area (Å²) in [5.41, 5.74) is 2.28. The van der Waals surface area contributed by atoms with E-state index in [-0.39, 0.29) is 5.97 Å². The van der Waals surface area contributed by atoms with Crippen molar-refractivity contribution in [2.75, 3.05) is 6.61 Å². The molecule has 0 amide bonds. The second-order valence-electron chi connectivity index (χ2n) is 3.63. The van der Waals surface area contributed by atoms with Gasteiger partial charge >= 0.3 is 5.97 Å². The molecule has 0 aliphatic carbocycles. The van der Waals surface area contributed by atoms with Gasteiger partial charge in [0.25, 0.3) is 0 Å².